The third-order valence-corrected chi connectivity index (χ3v) is 4.60. The maximum absolute atomic E-state index is 5.50. The number of nitrogens with one attached hydrogen (secondary N) is 1. The summed E-state index contributed by atoms with van der Waals surface area (Å²) in [5.74, 6) is 0.994. The van der Waals surface area contributed by atoms with Gasteiger partial charge in [0.25, 0.3) is 0 Å². The molecule has 0 heterocycles. The molecule has 1 aliphatic carbocycles. The zero-order chi connectivity index (χ0) is 15.5. The fourth-order valence-corrected chi connectivity index (χ4v) is 3.86. The standard InChI is InChI=1S/C18H29NO2/c1-14-6-7-15(10-16(14)21-5)18(11-17(2,3)12-18)13-19-8-9-20-4/h6-7,10,19H,8-9,11-13H2,1-5H3. The molecule has 1 aromatic rings. The minimum Gasteiger partial charge on any atom is -0.496 e. The van der Waals surface area contributed by atoms with Crippen LogP contribution in [0, 0.1) is 12.3 Å². The zero-order valence-electron chi connectivity index (χ0n) is 14.1. The molecule has 0 radical (unpaired) electrons. The Labute approximate surface area is 129 Å². The van der Waals surface area contributed by atoms with Gasteiger partial charge in [0, 0.05) is 25.6 Å². The zero-order valence-corrected chi connectivity index (χ0v) is 14.1. The van der Waals surface area contributed by atoms with Crippen molar-refractivity contribution >= 4 is 0 Å². The Bertz CT molecular complexity index is 474. The maximum Gasteiger partial charge on any atom is 0.122 e. The first kappa shape index (κ1) is 16.3. The summed E-state index contributed by atoms with van der Waals surface area (Å²) in [6.07, 6.45) is 2.43. The van der Waals surface area contributed by atoms with Crippen LogP contribution in [0.1, 0.15) is 37.8 Å². The van der Waals surface area contributed by atoms with Crippen molar-refractivity contribution in [2.45, 2.75) is 39.0 Å². The second-order valence-electron chi connectivity index (χ2n) is 7.15. The lowest BCUT2D eigenvalue weighted by atomic mass is 9.52. The summed E-state index contributed by atoms with van der Waals surface area (Å²) < 4.78 is 10.6. The highest BCUT2D eigenvalue weighted by Gasteiger charge is 2.49. The number of hydrogen-bond donors (Lipinski definition) is 1. The van der Waals surface area contributed by atoms with Crippen LogP contribution < -0.4 is 10.1 Å². The highest BCUT2D eigenvalue weighted by molar-refractivity contribution is 5.42. The molecule has 0 unspecified atom stereocenters. The quantitative estimate of drug-likeness (QED) is 0.782. The molecule has 1 aromatic carbocycles. The molecule has 0 bridgehead atoms. The third-order valence-electron chi connectivity index (χ3n) is 4.60. The molecule has 1 aliphatic rings. The molecule has 0 aliphatic heterocycles. The van der Waals surface area contributed by atoms with E-state index in [0.717, 1.165) is 25.4 Å². The lowest BCUT2D eigenvalue weighted by Gasteiger charge is -2.54. The molecule has 1 fully saturated rings. The summed E-state index contributed by atoms with van der Waals surface area (Å²) in [6.45, 7) is 9.47. The molecule has 2 rings (SSSR count). The monoisotopic (exact) mass is 291 g/mol. The van der Waals surface area contributed by atoms with Crippen LogP contribution in [0.25, 0.3) is 0 Å². The van der Waals surface area contributed by atoms with Gasteiger partial charge >= 0.3 is 0 Å². The van der Waals surface area contributed by atoms with Crippen molar-refractivity contribution in [1.82, 2.24) is 5.32 Å². The molecular formula is C18H29NO2. The lowest BCUT2D eigenvalue weighted by molar-refractivity contribution is 0.0546. The highest BCUT2D eigenvalue weighted by Crippen LogP contribution is 2.55. The minimum absolute atomic E-state index is 0.234. The Hall–Kier alpha value is -1.06. The summed E-state index contributed by atoms with van der Waals surface area (Å²) in [5, 5.41) is 3.55. The van der Waals surface area contributed by atoms with E-state index in [1.807, 2.05) is 0 Å². The molecule has 118 valence electrons. The van der Waals surface area contributed by atoms with Crippen molar-refractivity contribution in [2.75, 3.05) is 33.9 Å². The molecule has 1 N–H and O–H groups in total. The van der Waals surface area contributed by atoms with Crippen LogP contribution in [-0.2, 0) is 10.2 Å². The number of methoxy groups -OCH3 is 2. The van der Waals surface area contributed by atoms with Crippen LogP contribution in [0.2, 0.25) is 0 Å². The van der Waals surface area contributed by atoms with Gasteiger partial charge in [-0.25, -0.2) is 0 Å². The summed E-state index contributed by atoms with van der Waals surface area (Å²) in [7, 11) is 3.50. The van der Waals surface area contributed by atoms with Gasteiger partial charge in [-0.05, 0) is 42.4 Å². The van der Waals surface area contributed by atoms with Crippen molar-refractivity contribution < 1.29 is 9.47 Å². The normalized spacial score (nSPS) is 19.1. The predicted molar refractivity (Wildman–Crippen MR) is 87.2 cm³/mol. The van der Waals surface area contributed by atoms with Gasteiger partial charge in [-0.3, -0.25) is 0 Å². The van der Waals surface area contributed by atoms with Gasteiger partial charge in [0.2, 0.25) is 0 Å². The molecule has 0 spiro atoms. The summed E-state index contributed by atoms with van der Waals surface area (Å²) >= 11 is 0. The van der Waals surface area contributed by atoms with E-state index in [2.05, 4.69) is 44.3 Å². The second-order valence-corrected chi connectivity index (χ2v) is 7.15. The van der Waals surface area contributed by atoms with Crippen LogP contribution in [0.3, 0.4) is 0 Å². The van der Waals surface area contributed by atoms with E-state index in [1.165, 1.54) is 24.0 Å². The number of ether oxygens (including phenoxy) is 2. The molecule has 0 aromatic heterocycles. The lowest BCUT2D eigenvalue weighted by Crippen LogP contribution is -2.52. The number of benzene rings is 1. The Kier molecular flexibility index (Phi) is 4.95. The average molecular weight is 291 g/mol. The third kappa shape index (κ3) is 3.58. The summed E-state index contributed by atoms with van der Waals surface area (Å²) in [6, 6.07) is 6.67. The van der Waals surface area contributed by atoms with E-state index in [9.17, 15) is 0 Å². The van der Waals surface area contributed by atoms with Crippen LogP contribution >= 0.6 is 0 Å². The van der Waals surface area contributed by atoms with Gasteiger partial charge in [-0.2, -0.15) is 0 Å². The van der Waals surface area contributed by atoms with Crippen LogP contribution in [0.5, 0.6) is 5.75 Å². The first-order chi connectivity index (χ1) is 9.92. The van der Waals surface area contributed by atoms with Gasteiger partial charge in [0.1, 0.15) is 5.75 Å². The highest BCUT2D eigenvalue weighted by atomic mass is 16.5. The van der Waals surface area contributed by atoms with Gasteiger partial charge < -0.3 is 14.8 Å². The number of hydrogen-bond acceptors (Lipinski definition) is 3. The van der Waals surface area contributed by atoms with Crippen molar-refractivity contribution in [3.05, 3.63) is 29.3 Å². The molecule has 3 heteroatoms. The summed E-state index contributed by atoms with van der Waals surface area (Å²) in [5.41, 5.74) is 3.26. The second kappa shape index (κ2) is 6.37. The maximum atomic E-state index is 5.50. The van der Waals surface area contributed by atoms with Crippen molar-refractivity contribution in [1.29, 1.82) is 0 Å². The topological polar surface area (TPSA) is 30.5 Å². The fraction of sp³-hybridized carbons (Fsp3) is 0.667. The van der Waals surface area contributed by atoms with E-state index in [0.29, 0.717) is 5.41 Å². The molecule has 0 amide bonds. The fourth-order valence-electron chi connectivity index (χ4n) is 3.86. The largest absolute Gasteiger partial charge is 0.496 e. The van der Waals surface area contributed by atoms with Crippen molar-refractivity contribution in [3.8, 4) is 5.75 Å². The molecule has 3 nitrogen and oxygen atoms in total. The van der Waals surface area contributed by atoms with Gasteiger partial charge in [0.15, 0.2) is 0 Å². The predicted octanol–water partition coefficient (Wildman–Crippen LogP) is 3.30. The molecule has 1 saturated carbocycles. The van der Waals surface area contributed by atoms with Crippen LogP contribution in [0.4, 0.5) is 0 Å². The Morgan fingerprint density at radius 3 is 2.48 bits per heavy atom. The molecule has 0 atom stereocenters. The Morgan fingerprint density at radius 1 is 1.19 bits per heavy atom. The first-order valence-electron chi connectivity index (χ1n) is 7.77. The average Bonchev–Trinajstić information content (AvgIpc) is 2.41. The van der Waals surface area contributed by atoms with Crippen molar-refractivity contribution in [3.63, 3.8) is 0 Å². The summed E-state index contributed by atoms with van der Waals surface area (Å²) in [4.78, 5) is 0. The molecular weight excluding hydrogens is 262 g/mol. The van der Waals surface area contributed by atoms with Gasteiger partial charge in [0.05, 0.1) is 13.7 Å². The van der Waals surface area contributed by atoms with E-state index >= 15 is 0 Å². The Balaban J connectivity index is 2.16. The van der Waals surface area contributed by atoms with E-state index in [1.54, 1.807) is 14.2 Å². The smallest absolute Gasteiger partial charge is 0.122 e. The molecule has 0 saturated heterocycles. The number of aryl methyl sites for hydroxylation is 1. The van der Waals surface area contributed by atoms with Gasteiger partial charge in [-0.15, -0.1) is 0 Å². The van der Waals surface area contributed by atoms with E-state index in [4.69, 9.17) is 9.47 Å². The number of rotatable bonds is 7. The first-order valence-corrected chi connectivity index (χ1v) is 7.77. The SMILES string of the molecule is COCCNCC1(c2ccc(C)c(OC)c2)CC(C)(C)C1. The van der Waals surface area contributed by atoms with E-state index < -0.39 is 0 Å². The van der Waals surface area contributed by atoms with Gasteiger partial charge in [-0.1, -0.05) is 26.0 Å². The van der Waals surface area contributed by atoms with Crippen LogP contribution in [0.15, 0.2) is 18.2 Å². The van der Waals surface area contributed by atoms with Crippen LogP contribution in [-0.4, -0.2) is 33.9 Å². The van der Waals surface area contributed by atoms with Crippen molar-refractivity contribution in [2.24, 2.45) is 5.41 Å². The van der Waals surface area contributed by atoms with E-state index in [-0.39, 0.29) is 5.41 Å². The Morgan fingerprint density at radius 2 is 1.90 bits per heavy atom. The molecule has 21 heavy (non-hydrogen) atoms. The minimum atomic E-state index is 0.234.